The van der Waals surface area contributed by atoms with Crippen LogP contribution in [0.1, 0.15) is 78.7 Å². The average molecular weight is 534 g/mol. The molecule has 1 aliphatic heterocycles. The molecular weight excluding hydrogens is 490 g/mol. The molecule has 0 radical (unpaired) electrons. The van der Waals surface area contributed by atoms with Crippen LogP contribution in [0.25, 0.3) is 0 Å². The van der Waals surface area contributed by atoms with Gasteiger partial charge in [-0.1, -0.05) is 56.0 Å². The number of aliphatic hydroxyl groups is 1. The number of carbonyl (C=O) groups is 3. The second kappa shape index (κ2) is 12.5. The number of benzene rings is 1. The Morgan fingerprint density at radius 1 is 1.11 bits per heavy atom. The lowest BCUT2D eigenvalue weighted by molar-refractivity contribution is -0.147. The fourth-order valence-electron chi connectivity index (χ4n) is 5.03. The van der Waals surface area contributed by atoms with Crippen LogP contribution < -0.4 is 10.6 Å². The van der Waals surface area contributed by atoms with Gasteiger partial charge in [0.2, 0.25) is 5.91 Å². The highest BCUT2D eigenvalue weighted by Gasteiger charge is 2.50. The number of rotatable bonds is 7. The summed E-state index contributed by atoms with van der Waals surface area (Å²) in [6.45, 7) is 9.16. The van der Waals surface area contributed by atoms with E-state index in [1.165, 1.54) is 29.5 Å². The molecule has 1 aromatic carbocycles. The van der Waals surface area contributed by atoms with Crippen LogP contribution >= 0.6 is 11.8 Å². The van der Waals surface area contributed by atoms with E-state index >= 15 is 0 Å². The number of nitrogens with zero attached hydrogens (tertiary/aromatic N) is 1. The first kappa shape index (κ1) is 29.3. The van der Waals surface area contributed by atoms with Crippen molar-refractivity contribution in [2.24, 2.45) is 0 Å². The first-order valence-electron chi connectivity index (χ1n) is 13.3. The van der Waals surface area contributed by atoms with E-state index in [-0.39, 0.29) is 24.2 Å². The summed E-state index contributed by atoms with van der Waals surface area (Å²) in [4.78, 5) is 41.2. The van der Waals surface area contributed by atoms with Gasteiger partial charge < -0.3 is 25.4 Å². The monoisotopic (exact) mass is 533 g/mol. The summed E-state index contributed by atoms with van der Waals surface area (Å²) in [5.41, 5.74) is 0.127. The summed E-state index contributed by atoms with van der Waals surface area (Å²) >= 11 is 1.51. The molecule has 3 rings (SSSR count). The smallest absolute Gasteiger partial charge is 0.407 e. The summed E-state index contributed by atoms with van der Waals surface area (Å²) in [6.07, 6.45) is 4.41. The highest BCUT2D eigenvalue weighted by atomic mass is 32.2. The first-order chi connectivity index (χ1) is 17.4. The molecule has 1 saturated carbocycles. The van der Waals surface area contributed by atoms with Gasteiger partial charge in [0.15, 0.2) is 6.10 Å². The van der Waals surface area contributed by atoms with Crippen LogP contribution in [0.2, 0.25) is 0 Å². The highest BCUT2D eigenvalue weighted by molar-refractivity contribution is 8.00. The average Bonchev–Trinajstić information content (AvgIpc) is 2.95. The van der Waals surface area contributed by atoms with Crippen molar-refractivity contribution >= 4 is 29.7 Å². The Morgan fingerprint density at radius 2 is 1.73 bits per heavy atom. The van der Waals surface area contributed by atoms with E-state index in [2.05, 4.69) is 10.6 Å². The van der Waals surface area contributed by atoms with E-state index in [0.29, 0.717) is 0 Å². The van der Waals surface area contributed by atoms with E-state index in [9.17, 15) is 19.5 Å². The molecule has 37 heavy (non-hydrogen) atoms. The van der Waals surface area contributed by atoms with Crippen LogP contribution in [-0.4, -0.2) is 68.4 Å². The third-order valence-electron chi connectivity index (χ3n) is 6.91. The van der Waals surface area contributed by atoms with Crippen molar-refractivity contribution in [2.75, 3.05) is 5.88 Å². The molecule has 1 saturated heterocycles. The Morgan fingerprint density at radius 3 is 2.32 bits per heavy atom. The van der Waals surface area contributed by atoms with Gasteiger partial charge in [0, 0.05) is 10.8 Å². The molecule has 3 amide bonds. The number of hydrogen-bond acceptors (Lipinski definition) is 6. The standard InChI is InChI=1S/C28H43N3O5S/c1-27(2,3)36-26(35)30-21(17-19-13-9-8-10-14-19)22(32)25(34)31-18-37-28(4,5)23(31)24(33)29-20-15-11-6-7-12-16-20/h8-10,13-14,20-23,32H,6-7,11-12,15-18H2,1-5H3,(H,29,33)(H,30,35)/t21-,22-,23+/m0/s1. The summed E-state index contributed by atoms with van der Waals surface area (Å²) in [5.74, 6) is -0.464. The van der Waals surface area contributed by atoms with Crippen molar-refractivity contribution in [3.05, 3.63) is 35.9 Å². The lowest BCUT2D eigenvalue weighted by Crippen LogP contribution is -2.59. The van der Waals surface area contributed by atoms with Gasteiger partial charge in [0.05, 0.1) is 11.9 Å². The zero-order valence-corrected chi connectivity index (χ0v) is 23.6. The molecule has 0 spiro atoms. The summed E-state index contributed by atoms with van der Waals surface area (Å²) in [7, 11) is 0. The van der Waals surface area contributed by atoms with Gasteiger partial charge in [-0.25, -0.2) is 4.79 Å². The van der Waals surface area contributed by atoms with Gasteiger partial charge in [-0.2, -0.15) is 0 Å². The van der Waals surface area contributed by atoms with Crippen LogP contribution in [0.15, 0.2) is 30.3 Å². The molecule has 0 unspecified atom stereocenters. The Bertz CT molecular complexity index is 925. The van der Waals surface area contributed by atoms with Crippen LogP contribution in [0.4, 0.5) is 4.79 Å². The molecule has 2 aliphatic rings. The highest BCUT2D eigenvalue weighted by Crippen LogP contribution is 2.40. The van der Waals surface area contributed by atoms with Gasteiger partial charge in [-0.05, 0) is 59.4 Å². The summed E-state index contributed by atoms with van der Waals surface area (Å²) in [5, 5.41) is 17.2. The van der Waals surface area contributed by atoms with Gasteiger partial charge in [0.25, 0.3) is 5.91 Å². The van der Waals surface area contributed by atoms with Crippen LogP contribution in [-0.2, 0) is 20.7 Å². The minimum Gasteiger partial charge on any atom is -0.444 e. The lowest BCUT2D eigenvalue weighted by atomic mass is 9.96. The maximum absolute atomic E-state index is 13.7. The van der Waals surface area contributed by atoms with Crippen LogP contribution in [0.3, 0.4) is 0 Å². The van der Waals surface area contributed by atoms with Crippen molar-refractivity contribution in [1.82, 2.24) is 15.5 Å². The van der Waals surface area contributed by atoms with Crippen LogP contribution in [0.5, 0.6) is 0 Å². The number of hydrogen-bond donors (Lipinski definition) is 3. The summed E-state index contributed by atoms with van der Waals surface area (Å²) < 4.78 is 4.88. The van der Waals surface area contributed by atoms with E-state index in [1.807, 2.05) is 44.2 Å². The quantitative estimate of drug-likeness (QED) is 0.457. The van der Waals surface area contributed by atoms with Crippen molar-refractivity contribution in [3.63, 3.8) is 0 Å². The van der Waals surface area contributed by atoms with Gasteiger partial charge in [0.1, 0.15) is 11.6 Å². The lowest BCUT2D eigenvalue weighted by Gasteiger charge is -2.34. The minimum absolute atomic E-state index is 0.109. The largest absolute Gasteiger partial charge is 0.444 e. The maximum atomic E-state index is 13.7. The second-order valence-corrected chi connectivity index (χ2v) is 13.3. The van der Waals surface area contributed by atoms with Crippen molar-refractivity contribution in [3.8, 4) is 0 Å². The summed E-state index contributed by atoms with van der Waals surface area (Å²) in [6, 6.07) is 7.81. The Balaban J connectivity index is 1.78. The fourth-order valence-corrected chi connectivity index (χ4v) is 6.17. The first-order valence-corrected chi connectivity index (χ1v) is 14.3. The number of thioether (sulfide) groups is 1. The Hall–Kier alpha value is -2.26. The van der Waals surface area contributed by atoms with Gasteiger partial charge in [-0.15, -0.1) is 11.8 Å². The molecule has 206 valence electrons. The van der Waals surface area contributed by atoms with Crippen molar-refractivity contribution in [2.45, 2.75) is 114 Å². The van der Waals surface area contributed by atoms with Crippen molar-refractivity contribution in [1.29, 1.82) is 0 Å². The SMILES string of the molecule is CC(C)(C)OC(=O)N[C@@H](Cc1ccccc1)[C@H](O)C(=O)N1CSC(C)(C)[C@H]1C(=O)NC1CCCCCC1. The number of nitrogens with one attached hydrogen (secondary N) is 2. The molecular formula is C28H43N3O5S. The molecule has 2 fully saturated rings. The molecule has 8 nitrogen and oxygen atoms in total. The molecule has 0 bridgehead atoms. The molecule has 0 aromatic heterocycles. The van der Waals surface area contributed by atoms with Gasteiger partial charge in [-0.3, -0.25) is 9.59 Å². The zero-order chi connectivity index (χ0) is 27.2. The Kier molecular flexibility index (Phi) is 9.92. The Labute approximate surface area is 225 Å². The fraction of sp³-hybridized carbons (Fsp3) is 0.679. The van der Waals surface area contributed by atoms with E-state index in [0.717, 1.165) is 31.2 Å². The normalized spacial score (nSPS) is 22.0. The predicted molar refractivity (Wildman–Crippen MR) is 146 cm³/mol. The van der Waals surface area contributed by atoms with Gasteiger partial charge >= 0.3 is 6.09 Å². The molecule has 1 aromatic rings. The number of amides is 3. The molecule has 3 N–H and O–H groups in total. The third-order valence-corrected chi connectivity index (χ3v) is 8.29. The van der Waals surface area contributed by atoms with Crippen molar-refractivity contribution < 1.29 is 24.2 Å². The van der Waals surface area contributed by atoms with Crippen LogP contribution in [0, 0.1) is 0 Å². The number of alkyl carbamates (subject to hydrolysis) is 1. The predicted octanol–water partition coefficient (Wildman–Crippen LogP) is 4.00. The second-order valence-electron chi connectivity index (χ2n) is 11.7. The number of aliphatic hydroxyl groups excluding tert-OH is 1. The van der Waals surface area contributed by atoms with E-state index in [4.69, 9.17) is 4.74 Å². The number of carbonyl (C=O) groups excluding carboxylic acids is 3. The number of ether oxygens (including phenoxy) is 1. The van der Waals surface area contributed by atoms with E-state index in [1.54, 1.807) is 20.8 Å². The topological polar surface area (TPSA) is 108 Å². The molecule has 9 heteroatoms. The molecule has 3 atom stereocenters. The van der Waals surface area contributed by atoms with E-state index < -0.39 is 40.5 Å². The molecule has 1 heterocycles. The maximum Gasteiger partial charge on any atom is 0.407 e. The molecule has 1 aliphatic carbocycles. The minimum atomic E-state index is -1.55. The third kappa shape index (κ3) is 8.37. The zero-order valence-electron chi connectivity index (χ0n) is 22.8.